The molecule has 0 heterocycles. The molecule has 0 rings (SSSR count). The first-order valence-corrected chi connectivity index (χ1v) is 3.32. The SMILES string of the molecule is N.N.N.N.NCCCCCCN.[Cl-].[Cl-].[Pt].[Pt]. The molecule has 6 nitrogen and oxygen atoms in total. The zero-order valence-corrected chi connectivity index (χ0v) is 15.7. The third-order valence-corrected chi connectivity index (χ3v) is 1.16. The molecule has 0 bridgehead atoms. The Hall–Kier alpha value is 1.72. The topological polar surface area (TPSA) is 192 Å². The largest absolute Gasteiger partial charge is 1.00 e. The number of nitrogens with two attached hydrogens (primary N) is 2. The first-order valence-electron chi connectivity index (χ1n) is 3.32. The molecule has 0 aromatic heterocycles. The monoisotopic (exact) mass is 644 g/mol. The van der Waals surface area contributed by atoms with E-state index in [0.717, 1.165) is 25.9 Å². The van der Waals surface area contributed by atoms with Gasteiger partial charge in [0.2, 0.25) is 0 Å². The summed E-state index contributed by atoms with van der Waals surface area (Å²) >= 11 is 0. The fraction of sp³-hybridized carbons (Fsp3) is 1.00. The average Bonchev–Trinajstić information content (AvgIpc) is 1.81. The van der Waals surface area contributed by atoms with Crippen molar-refractivity contribution in [3.63, 3.8) is 0 Å². The van der Waals surface area contributed by atoms with Crippen molar-refractivity contribution in [1.82, 2.24) is 24.6 Å². The predicted octanol–water partition coefficient (Wildman–Crippen LogP) is -4.88. The van der Waals surface area contributed by atoms with E-state index in [4.69, 9.17) is 11.5 Å². The van der Waals surface area contributed by atoms with E-state index in [1.165, 1.54) is 12.8 Å². The van der Waals surface area contributed by atoms with Crippen LogP contribution >= 0.6 is 0 Å². The molecule has 0 aromatic rings. The van der Waals surface area contributed by atoms with Crippen molar-refractivity contribution in [3.05, 3.63) is 0 Å². The number of halogens is 2. The van der Waals surface area contributed by atoms with Crippen LogP contribution in [0, 0.1) is 0 Å². The van der Waals surface area contributed by atoms with E-state index in [-0.39, 0.29) is 91.5 Å². The molecule has 0 fully saturated rings. The van der Waals surface area contributed by atoms with Crippen LogP contribution in [0.15, 0.2) is 0 Å². The third-order valence-electron chi connectivity index (χ3n) is 1.16. The Morgan fingerprint density at radius 2 is 0.688 bits per heavy atom. The molecule has 0 aliphatic carbocycles. The molecule has 0 aromatic carbocycles. The van der Waals surface area contributed by atoms with E-state index in [2.05, 4.69) is 0 Å². The first kappa shape index (κ1) is 65.2. The fourth-order valence-corrected chi connectivity index (χ4v) is 0.642. The van der Waals surface area contributed by atoms with Gasteiger partial charge in [-0.15, -0.1) is 0 Å². The van der Waals surface area contributed by atoms with Gasteiger partial charge in [-0.3, -0.25) is 0 Å². The Labute approximate surface area is 141 Å². The van der Waals surface area contributed by atoms with Crippen molar-refractivity contribution in [1.29, 1.82) is 0 Å². The quantitative estimate of drug-likeness (QED) is 0.163. The Bertz CT molecular complexity index is 54.0. The minimum atomic E-state index is 0. The van der Waals surface area contributed by atoms with Crippen molar-refractivity contribution in [3.8, 4) is 0 Å². The summed E-state index contributed by atoms with van der Waals surface area (Å²) in [5.41, 5.74) is 10.6. The van der Waals surface area contributed by atoms with Gasteiger partial charge in [-0.05, 0) is 25.9 Å². The molecule has 118 valence electrons. The minimum absolute atomic E-state index is 0. The second kappa shape index (κ2) is 69.3. The van der Waals surface area contributed by atoms with Gasteiger partial charge in [-0.2, -0.15) is 0 Å². The van der Waals surface area contributed by atoms with Crippen LogP contribution in [0.3, 0.4) is 0 Å². The summed E-state index contributed by atoms with van der Waals surface area (Å²) < 4.78 is 0. The average molecular weight is 645 g/mol. The van der Waals surface area contributed by atoms with Crippen molar-refractivity contribution in [2.75, 3.05) is 13.1 Å². The van der Waals surface area contributed by atoms with E-state index in [9.17, 15) is 0 Å². The molecular weight excluding hydrogens is 617 g/mol. The van der Waals surface area contributed by atoms with Crippen LogP contribution in [-0.2, 0) is 42.1 Å². The molecule has 0 aliphatic rings. The fourth-order valence-electron chi connectivity index (χ4n) is 0.642. The molecule has 0 saturated heterocycles. The Kier molecular flexibility index (Phi) is 282. The summed E-state index contributed by atoms with van der Waals surface area (Å²) in [6.45, 7) is 1.65. The van der Waals surface area contributed by atoms with Crippen LogP contribution in [0.25, 0.3) is 0 Å². The molecule has 16 heavy (non-hydrogen) atoms. The third kappa shape index (κ3) is 75.5. The van der Waals surface area contributed by atoms with E-state index in [1.807, 2.05) is 0 Å². The summed E-state index contributed by atoms with van der Waals surface area (Å²) in [7, 11) is 0. The van der Waals surface area contributed by atoms with Gasteiger partial charge in [0.25, 0.3) is 0 Å². The van der Waals surface area contributed by atoms with E-state index in [1.54, 1.807) is 0 Å². The minimum Gasteiger partial charge on any atom is -1.00 e. The van der Waals surface area contributed by atoms with Gasteiger partial charge in [0, 0.05) is 42.1 Å². The van der Waals surface area contributed by atoms with Crippen LogP contribution in [0.1, 0.15) is 25.7 Å². The number of unbranched alkanes of at least 4 members (excludes halogenated alkanes) is 3. The van der Waals surface area contributed by atoms with Gasteiger partial charge in [0.05, 0.1) is 0 Å². The van der Waals surface area contributed by atoms with E-state index >= 15 is 0 Å². The smallest absolute Gasteiger partial charge is 0 e. The molecule has 0 radical (unpaired) electrons. The zero-order chi connectivity index (χ0) is 6.24. The number of hydrogen-bond acceptors (Lipinski definition) is 6. The van der Waals surface area contributed by atoms with Crippen LogP contribution in [-0.4, -0.2) is 13.1 Å². The van der Waals surface area contributed by atoms with Crippen LogP contribution in [0.5, 0.6) is 0 Å². The van der Waals surface area contributed by atoms with Crippen LogP contribution < -0.4 is 60.9 Å². The number of rotatable bonds is 5. The van der Waals surface area contributed by atoms with E-state index < -0.39 is 0 Å². The Balaban J connectivity index is -0.00000000875. The van der Waals surface area contributed by atoms with Gasteiger partial charge in [-0.1, -0.05) is 12.8 Å². The van der Waals surface area contributed by atoms with Crippen molar-refractivity contribution in [2.45, 2.75) is 25.7 Å². The van der Waals surface area contributed by atoms with E-state index in [0.29, 0.717) is 0 Å². The molecule has 10 heteroatoms. The van der Waals surface area contributed by atoms with Gasteiger partial charge >= 0.3 is 0 Å². The summed E-state index contributed by atoms with van der Waals surface area (Å²) in [5, 5.41) is 0. The van der Waals surface area contributed by atoms with Crippen molar-refractivity contribution < 1.29 is 66.9 Å². The maximum Gasteiger partial charge on any atom is 0 e. The summed E-state index contributed by atoms with van der Waals surface area (Å²) in [5.74, 6) is 0. The molecule has 16 N–H and O–H groups in total. The summed E-state index contributed by atoms with van der Waals surface area (Å²) in [6.07, 6.45) is 4.79. The van der Waals surface area contributed by atoms with Gasteiger partial charge < -0.3 is 60.9 Å². The van der Waals surface area contributed by atoms with Crippen LogP contribution in [0.2, 0.25) is 0 Å². The molecule has 0 spiro atoms. The normalized spacial score (nSPS) is 4.88. The molecule has 0 amide bonds. The zero-order valence-electron chi connectivity index (χ0n) is 9.61. The van der Waals surface area contributed by atoms with Gasteiger partial charge in [0.1, 0.15) is 0 Å². The molecule has 0 saturated carbocycles. The maximum absolute atomic E-state index is 5.28. The second-order valence-corrected chi connectivity index (χ2v) is 1.99. The van der Waals surface area contributed by atoms with Gasteiger partial charge in [-0.25, -0.2) is 0 Å². The summed E-state index contributed by atoms with van der Waals surface area (Å²) in [4.78, 5) is 0. The molecule has 0 atom stereocenters. The molecule has 0 unspecified atom stereocenters. The van der Waals surface area contributed by atoms with Gasteiger partial charge in [0.15, 0.2) is 0 Å². The number of hydrogen-bond donors (Lipinski definition) is 6. The molecule has 0 aliphatic heterocycles. The Morgan fingerprint density at radius 1 is 0.500 bits per heavy atom. The van der Waals surface area contributed by atoms with Crippen LogP contribution in [0.4, 0.5) is 0 Å². The first-order chi connectivity index (χ1) is 3.91. The summed E-state index contributed by atoms with van der Waals surface area (Å²) in [6, 6.07) is 0. The maximum atomic E-state index is 5.28. The molecular formula is C6H28Cl2N6Pt2-2. The van der Waals surface area contributed by atoms with Crippen molar-refractivity contribution in [2.24, 2.45) is 11.5 Å². The second-order valence-electron chi connectivity index (χ2n) is 1.99. The predicted molar refractivity (Wildman–Crippen MR) is 56.7 cm³/mol. The Morgan fingerprint density at radius 3 is 0.812 bits per heavy atom. The standard InChI is InChI=1S/C6H16N2.2ClH.4H3N.2Pt/c7-5-3-1-2-4-6-8;;;;;;;;/h1-8H2;2*1H;4*1H3;;/p-2. The van der Waals surface area contributed by atoms with Crippen molar-refractivity contribution >= 4 is 0 Å².